The number of fused-ring (bicyclic) bond motifs is 2. The second-order valence-electron chi connectivity index (χ2n) is 7.89. The Hall–Kier alpha value is -2.25. The second-order valence-corrected chi connectivity index (χ2v) is 9.10. The van der Waals surface area contributed by atoms with E-state index in [-0.39, 0.29) is 18.1 Å². The number of benzene rings is 1. The van der Waals surface area contributed by atoms with Gasteiger partial charge in [0.15, 0.2) is 5.13 Å². The summed E-state index contributed by atoms with van der Waals surface area (Å²) in [5.41, 5.74) is 3.19. The van der Waals surface area contributed by atoms with Crippen LogP contribution in [0.2, 0.25) is 0 Å². The molecule has 7 heteroatoms. The Labute approximate surface area is 174 Å². The second kappa shape index (κ2) is 8.24. The molecule has 2 aromatic rings. The molecule has 0 spiro atoms. The first-order valence-electron chi connectivity index (χ1n) is 10.2. The summed E-state index contributed by atoms with van der Waals surface area (Å²) in [6.07, 6.45) is 4.20. The van der Waals surface area contributed by atoms with Crippen molar-refractivity contribution in [2.75, 3.05) is 5.32 Å². The minimum atomic E-state index is -0.962. The van der Waals surface area contributed by atoms with E-state index in [1.165, 1.54) is 29.7 Å². The highest BCUT2D eigenvalue weighted by atomic mass is 32.1. The molecule has 3 heterocycles. The molecule has 1 aromatic carbocycles. The number of ether oxygens (including phenoxy) is 1. The van der Waals surface area contributed by atoms with Crippen LogP contribution in [0.1, 0.15) is 43.0 Å². The van der Waals surface area contributed by atoms with E-state index in [2.05, 4.69) is 41.5 Å². The van der Waals surface area contributed by atoms with Crippen molar-refractivity contribution in [3.8, 4) is 11.3 Å². The van der Waals surface area contributed by atoms with Crippen molar-refractivity contribution in [3.63, 3.8) is 0 Å². The van der Waals surface area contributed by atoms with E-state index in [4.69, 9.17) is 4.74 Å². The van der Waals surface area contributed by atoms with E-state index < -0.39 is 17.8 Å². The molecule has 2 aliphatic heterocycles. The van der Waals surface area contributed by atoms with E-state index in [1.54, 1.807) is 0 Å². The zero-order chi connectivity index (χ0) is 20.5. The number of carbonyl (C=O) groups is 2. The molecule has 29 heavy (non-hydrogen) atoms. The van der Waals surface area contributed by atoms with Crippen LogP contribution in [-0.2, 0) is 20.7 Å². The lowest BCUT2D eigenvalue weighted by Crippen LogP contribution is -2.40. The monoisotopic (exact) mass is 414 g/mol. The minimum Gasteiger partial charge on any atom is -0.481 e. The lowest BCUT2D eigenvalue weighted by atomic mass is 9.79. The van der Waals surface area contributed by atoms with Gasteiger partial charge in [0.25, 0.3) is 0 Å². The summed E-state index contributed by atoms with van der Waals surface area (Å²) in [7, 11) is 0. The number of carboxylic acid groups (broad SMARTS) is 1. The summed E-state index contributed by atoms with van der Waals surface area (Å²) < 4.78 is 5.70. The van der Waals surface area contributed by atoms with Gasteiger partial charge in [0.1, 0.15) is 0 Å². The Kier molecular flexibility index (Phi) is 5.69. The maximum absolute atomic E-state index is 12.8. The molecule has 4 atom stereocenters. The summed E-state index contributed by atoms with van der Waals surface area (Å²) in [6, 6.07) is 8.41. The molecular formula is C22H26N2O4S. The number of amides is 1. The summed E-state index contributed by atoms with van der Waals surface area (Å²) in [6.45, 7) is 4.17. The number of aliphatic carboxylic acids is 1. The van der Waals surface area contributed by atoms with Crippen LogP contribution in [0.5, 0.6) is 0 Å². The standard InChI is InChI=1S/C22H26N2O4S/c1-3-4-5-13-6-8-14(9-7-13)19-12(2)29-22(23-19)24-20(25)17-15-10-11-16(28-15)18(17)21(26)27/h6-9,15-18H,3-5,10-11H2,1-2H3,(H,26,27)(H,23,24,25)/t15-,16-,17+,18-/m1/s1. The first kappa shape index (κ1) is 20.0. The van der Waals surface area contributed by atoms with E-state index in [1.807, 2.05) is 6.92 Å². The maximum atomic E-state index is 12.8. The van der Waals surface area contributed by atoms with Crippen molar-refractivity contribution in [1.82, 2.24) is 4.98 Å². The predicted octanol–water partition coefficient (Wildman–Crippen LogP) is 4.28. The quantitative estimate of drug-likeness (QED) is 0.706. The summed E-state index contributed by atoms with van der Waals surface area (Å²) in [5.74, 6) is -2.70. The normalized spacial score (nSPS) is 25.3. The number of aromatic nitrogens is 1. The molecule has 6 nitrogen and oxygen atoms in total. The van der Waals surface area contributed by atoms with Gasteiger partial charge in [-0.2, -0.15) is 0 Å². The van der Waals surface area contributed by atoms with Gasteiger partial charge < -0.3 is 15.2 Å². The highest BCUT2D eigenvalue weighted by molar-refractivity contribution is 7.16. The number of thiazole rings is 1. The van der Waals surface area contributed by atoms with Crippen molar-refractivity contribution in [2.45, 2.75) is 58.2 Å². The van der Waals surface area contributed by atoms with Gasteiger partial charge in [0.05, 0.1) is 29.7 Å². The highest BCUT2D eigenvalue weighted by Crippen LogP contribution is 2.44. The number of unbranched alkanes of at least 4 members (excludes halogenated alkanes) is 1. The zero-order valence-corrected chi connectivity index (χ0v) is 17.5. The van der Waals surface area contributed by atoms with Gasteiger partial charge in [0, 0.05) is 10.4 Å². The number of carboxylic acids is 1. The number of carbonyl (C=O) groups excluding carboxylic acids is 1. The predicted molar refractivity (Wildman–Crippen MR) is 112 cm³/mol. The zero-order valence-electron chi connectivity index (χ0n) is 16.7. The summed E-state index contributed by atoms with van der Waals surface area (Å²) >= 11 is 1.41. The fourth-order valence-corrected chi connectivity index (χ4v) is 5.28. The lowest BCUT2D eigenvalue weighted by Gasteiger charge is -2.23. The molecule has 2 N–H and O–H groups in total. The number of hydrogen-bond donors (Lipinski definition) is 2. The molecule has 2 aliphatic rings. The van der Waals surface area contributed by atoms with Gasteiger partial charge in [-0.05, 0) is 38.2 Å². The smallest absolute Gasteiger partial charge is 0.310 e. The number of nitrogens with zero attached hydrogens (tertiary/aromatic N) is 1. The molecule has 2 bridgehead atoms. The number of hydrogen-bond acceptors (Lipinski definition) is 5. The van der Waals surface area contributed by atoms with Crippen LogP contribution >= 0.6 is 11.3 Å². The van der Waals surface area contributed by atoms with Crippen LogP contribution < -0.4 is 5.32 Å². The third-order valence-corrected chi connectivity index (χ3v) is 6.82. The number of rotatable bonds is 7. The molecule has 2 saturated heterocycles. The van der Waals surface area contributed by atoms with Crippen LogP contribution in [0.25, 0.3) is 11.3 Å². The third-order valence-electron chi connectivity index (χ3n) is 5.93. The minimum absolute atomic E-state index is 0.306. The van der Waals surface area contributed by atoms with E-state index >= 15 is 0 Å². The van der Waals surface area contributed by atoms with Crippen LogP contribution in [0.15, 0.2) is 24.3 Å². The fourth-order valence-electron chi connectivity index (χ4n) is 4.44. The molecule has 1 aromatic heterocycles. The van der Waals surface area contributed by atoms with Crippen molar-refractivity contribution < 1.29 is 19.4 Å². The largest absolute Gasteiger partial charge is 0.481 e. The molecule has 0 saturated carbocycles. The van der Waals surface area contributed by atoms with Gasteiger partial charge in [0.2, 0.25) is 5.91 Å². The van der Waals surface area contributed by atoms with E-state index in [0.29, 0.717) is 11.6 Å². The van der Waals surface area contributed by atoms with Gasteiger partial charge in [-0.25, -0.2) is 4.98 Å². The molecule has 0 radical (unpaired) electrons. The molecule has 1 amide bonds. The molecule has 0 aliphatic carbocycles. The van der Waals surface area contributed by atoms with Crippen molar-refractivity contribution >= 4 is 28.3 Å². The lowest BCUT2D eigenvalue weighted by molar-refractivity contribution is -0.147. The van der Waals surface area contributed by atoms with Gasteiger partial charge in [-0.15, -0.1) is 11.3 Å². The molecular weight excluding hydrogens is 388 g/mol. The number of aryl methyl sites for hydroxylation is 2. The van der Waals surface area contributed by atoms with E-state index in [0.717, 1.165) is 29.0 Å². The highest BCUT2D eigenvalue weighted by Gasteiger charge is 2.55. The molecule has 154 valence electrons. The van der Waals surface area contributed by atoms with Crippen LogP contribution in [0.3, 0.4) is 0 Å². The first-order chi connectivity index (χ1) is 14.0. The number of nitrogens with one attached hydrogen (secondary N) is 1. The SMILES string of the molecule is CCCCc1ccc(-c2nc(NC(=O)[C@@H]3[C@H](C(=O)O)[C@H]4CC[C@H]3O4)sc2C)cc1. The van der Waals surface area contributed by atoms with Gasteiger partial charge in [-0.3, -0.25) is 9.59 Å². The molecule has 2 fully saturated rings. The fraction of sp³-hybridized carbons (Fsp3) is 0.500. The summed E-state index contributed by atoms with van der Waals surface area (Å²) in [4.78, 5) is 30.1. The Bertz CT molecular complexity index is 908. The van der Waals surface area contributed by atoms with Crippen molar-refractivity contribution in [1.29, 1.82) is 0 Å². The average molecular weight is 415 g/mol. The van der Waals surface area contributed by atoms with E-state index in [9.17, 15) is 14.7 Å². The first-order valence-corrected chi connectivity index (χ1v) is 11.1. The molecule has 4 rings (SSSR count). The Balaban J connectivity index is 1.48. The Morgan fingerprint density at radius 2 is 1.90 bits per heavy atom. The number of anilines is 1. The Morgan fingerprint density at radius 1 is 1.21 bits per heavy atom. The van der Waals surface area contributed by atoms with Crippen molar-refractivity contribution in [2.24, 2.45) is 11.8 Å². The van der Waals surface area contributed by atoms with Crippen LogP contribution in [-0.4, -0.2) is 34.2 Å². The van der Waals surface area contributed by atoms with Gasteiger partial charge >= 0.3 is 5.97 Å². The topological polar surface area (TPSA) is 88.5 Å². The molecule has 0 unspecified atom stereocenters. The Morgan fingerprint density at radius 3 is 2.55 bits per heavy atom. The van der Waals surface area contributed by atoms with Gasteiger partial charge in [-0.1, -0.05) is 37.6 Å². The summed E-state index contributed by atoms with van der Waals surface area (Å²) in [5, 5.41) is 12.9. The van der Waals surface area contributed by atoms with Crippen LogP contribution in [0, 0.1) is 18.8 Å². The third kappa shape index (κ3) is 3.94. The van der Waals surface area contributed by atoms with Crippen molar-refractivity contribution in [3.05, 3.63) is 34.7 Å². The van der Waals surface area contributed by atoms with Crippen LogP contribution in [0.4, 0.5) is 5.13 Å². The maximum Gasteiger partial charge on any atom is 0.310 e. The average Bonchev–Trinajstić information content (AvgIpc) is 3.41.